The average Bonchev–Trinajstić information content (AvgIpc) is 3.10. The molecule has 0 aliphatic rings. The van der Waals surface area contributed by atoms with E-state index >= 15 is 0 Å². The van der Waals surface area contributed by atoms with E-state index in [9.17, 15) is 9.59 Å². The third-order valence-corrected chi connectivity index (χ3v) is 18.9. The van der Waals surface area contributed by atoms with Gasteiger partial charge in [0.15, 0.2) is 0 Å². The van der Waals surface area contributed by atoms with Crippen molar-refractivity contribution in [3.05, 3.63) is 182 Å². The first kappa shape index (κ1) is 35.7. The Bertz CT molecular complexity index is 1540. The van der Waals surface area contributed by atoms with Gasteiger partial charge in [-0.05, 0) is 31.1 Å². The summed E-state index contributed by atoms with van der Waals surface area (Å²) in [5, 5.41) is 4.35. The zero-order chi connectivity index (χ0) is 29.6. The molecule has 0 aromatic heterocycles. The maximum Gasteiger partial charge on any atom is 1.00 e. The minimum absolute atomic E-state index is 0. The molecule has 216 valence electrons. The summed E-state index contributed by atoms with van der Waals surface area (Å²) in [6, 6.07) is 57.9. The Morgan fingerprint density at radius 2 is 0.489 bits per heavy atom. The Morgan fingerprint density at radius 1 is 0.311 bits per heavy atom. The molecule has 6 rings (SSSR count). The van der Waals surface area contributed by atoms with Crippen molar-refractivity contribution in [3.63, 3.8) is 0 Å². The Morgan fingerprint density at radius 3 is 0.689 bits per heavy atom. The van der Waals surface area contributed by atoms with Crippen LogP contribution in [0, 0.1) is 0 Å². The maximum absolute atomic E-state index is 13.0. The van der Waals surface area contributed by atoms with Crippen LogP contribution in [0.25, 0.3) is 0 Å². The van der Waals surface area contributed by atoms with Crippen molar-refractivity contribution in [2.45, 2.75) is 0 Å². The van der Waals surface area contributed by atoms with Crippen molar-refractivity contribution in [1.82, 2.24) is 0 Å². The van der Waals surface area contributed by atoms with Crippen molar-refractivity contribution in [3.8, 4) is 0 Å². The zero-order valence-electron chi connectivity index (χ0n) is 27.5. The first-order chi connectivity index (χ1) is 21.0. The molecule has 2 N–H and O–H groups in total. The molecule has 0 radical (unpaired) electrons. The van der Waals surface area contributed by atoms with E-state index < -0.39 is 25.7 Å². The third-order valence-electron chi connectivity index (χ3n) is 7.55. The van der Waals surface area contributed by atoms with Crippen molar-refractivity contribution >= 4 is 56.8 Å². The van der Waals surface area contributed by atoms with Crippen molar-refractivity contribution < 1.29 is 79.8 Å². The van der Waals surface area contributed by atoms with Gasteiger partial charge in [-0.2, -0.15) is 0 Å². The van der Waals surface area contributed by atoms with Crippen LogP contribution in [0.1, 0.15) is 2.85 Å². The molecule has 4 nitrogen and oxygen atoms in total. The molecule has 0 unspecified atom stereocenters. The molecule has 0 saturated heterocycles. The van der Waals surface area contributed by atoms with Crippen LogP contribution in [0.2, 0.25) is 0 Å². The first-order valence-electron chi connectivity index (χ1n) is 14.2. The molecular formula is C36H34Na2O4Si3. The van der Waals surface area contributed by atoms with Crippen LogP contribution in [0.4, 0.5) is 0 Å². The summed E-state index contributed by atoms with van der Waals surface area (Å²) in [6.45, 7) is 0. The molecule has 0 heterocycles. The van der Waals surface area contributed by atoms with Gasteiger partial charge in [0.05, 0.1) is 0 Å². The summed E-state index contributed by atoms with van der Waals surface area (Å²) in [6.07, 6.45) is 0. The number of benzene rings is 6. The molecule has 0 saturated carbocycles. The van der Waals surface area contributed by atoms with Crippen molar-refractivity contribution in [2.75, 3.05) is 0 Å². The smallest absolute Gasteiger partial charge is 1.00 e. The van der Waals surface area contributed by atoms with E-state index in [-0.39, 0.29) is 62.0 Å². The van der Waals surface area contributed by atoms with Crippen LogP contribution in [-0.2, 0) is 8.23 Å². The SMILES string of the molecule is O[Si](O[Si](O[Si](O)(c1ccccc1)c1ccccc1)(c1ccccc1)c1ccccc1)(c1ccccc1)c1ccccc1.[H-].[H-].[Na+].[Na+]. The van der Waals surface area contributed by atoms with Gasteiger partial charge < -0.3 is 20.7 Å². The molecule has 0 fully saturated rings. The molecular weight excluding hydrogens is 627 g/mol. The molecule has 0 atom stereocenters. The van der Waals surface area contributed by atoms with Crippen molar-refractivity contribution in [1.29, 1.82) is 0 Å². The van der Waals surface area contributed by atoms with E-state index in [1.165, 1.54) is 0 Å². The maximum atomic E-state index is 13.0. The molecule has 6 aromatic carbocycles. The van der Waals surface area contributed by atoms with Gasteiger partial charge in [0.1, 0.15) is 0 Å². The largest absolute Gasteiger partial charge is 1.00 e. The van der Waals surface area contributed by atoms with Crippen LogP contribution < -0.4 is 90.2 Å². The molecule has 6 aromatic rings. The van der Waals surface area contributed by atoms with Gasteiger partial charge in [0.25, 0.3) is 0 Å². The van der Waals surface area contributed by atoms with Crippen LogP contribution >= 0.6 is 0 Å². The fourth-order valence-corrected chi connectivity index (χ4v) is 17.9. The van der Waals surface area contributed by atoms with E-state index in [0.717, 1.165) is 10.4 Å². The Labute approximate surface area is 315 Å². The molecule has 0 amide bonds. The summed E-state index contributed by atoms with van der Waals surface area (Å²) in [5.41, 5.74) is 0. The Hall–Kier alpha value is -2.19. The predicted molar refractivity (Wildman–Crippen MR) is 183 cm³/mol. The summed E-state index contributed by atoms with van der Waals surface area (Å²) in [5.74, 6) is 0. The Balaban J connectivity index is 0.00000192. The zero-order valence-corrected chi connectivity index (χ0v) is 32.5. The minimum Gasteiger partial charge on any atom is -1.00 e. The van der Waals surface area contributed by atoms with Crippen LogP contribution in [0.3, 0.4) is 0 Å². The number of hydrogen-bond donors (Lipinski definition) is 2. The minimum atomic E-state index is -3.96. The van der Waals surface area contributed by atoms with Gasteiger partial charge in [0.2, 0.25) is 0 Å². The molecule has 9 heteroatoms. The van der Waals surface area contributed by atoms with Crippen molar-refractivity contribution in [2.24, 2.45) is 0 Å². The van der Waals surface area contributed by atoms with Crippen LogP contribution in [0.5, 0.6) is 0 Å². The topological polar surface area (TPSA) is 58.9 Å². The van der Waals surface area contributed by atoms with E-state index in [4.69, 9.17) is 8.23 Å². The molecule has 0 spiro atoms. The fraction of sp³-hybridized carbons (Fsp3) is 0. The fourth-order valence-electron chi connectivity index (χ4n) is 5.38. The summed E-state index contributed by atoms with van der Waals surface area (Å²) in [4.78, 5) is 25.9. The second-order valence-corrected chi connectivity index (χ2v) is 19.2. The van der Waals surface area contributed by atoms with Gasteiger partial charge in [-0.1, -0.05) is 182 Å². The second-order valence-electron chi connectivity index (χ2n) is 10.3. The predicted octanol–water partition coefficient (Wildman–Crippen LogP) is -2.99. The monoisotopic (exact) mass is 660 g/mol. The van der Waals surface area contributed by atoms with Crippen LogP contribution in [-0.4, -0.2) is 35.3 Å². The summed E-state index contributed by atoms with van der Waals surface area (Å²) in [7, 11) is -11.8. The normalized spacial score (nSPS) is 11.6. The number of rotatable bonds is 10. The molecule has 45 heavy (non-hydrogen) atoms. The van der Waals surface area contributed by atoms with Gasteiger partial charge in [-0.25, -0.2) is 0 Å². The standard InChI is InChI=1S/C36H32O4Si3.2Na.2H/c37-41(31-19-7-1-8-20-31,32-21-9-2-10-22-32)39-43(35-27-15-5-16-28-35,36-29-17-6-18-30-36)40-42(38,33-23-11-3-12-24-33)34-25-13-4-14-26-34;;;;/h1-30,37-38H;;;;/q;2*+1;2*-1. The molecule has 0 bridgehead atoms. The summed E-state index contributed by atoms with van der Waals surface area (Å²) >= 11 is 0. The quantitative estimate of drug-likeness (QED) is 0.154. The third kappa shape index (κ3) is 7.53. The first-order valence-corrected chi connectivity index (χ1v) is 19.8. The summed E-state index contributed by atoms with van der Waals surface area (Å²) < 4.78 is 14.8. The number of hydrogen-bond acceptors (Lipinski definition) is 4. The van der Waals surface area contributed by atoms with E-state index in [1.807, 2.05) is 182 Å². The van der Waals surface area contributed by atoms with Gasteiger partial charge in [-0.3, -0.25) is 0 Å². The van der Waals surface area contributed by atoms with Crippen LogP contribution in [0.15, 0.2) is 182 Å². The van der Waals surface area contributed by atoms with Gasteiger partial charge >= 0.3 is 84.8 Å². The van der Waals surface area contributed by atoms with E-state index in [1.54, 1.807) is 0 Å². The van der Waals surface area contributed by atoms with Gasteiger partial charge in [-0.15, -0.1) is 0 Å². The van der Waals surface area contributed by atoms with Gasteiger partial charge in [0, 0.05) is 0 Å². The molecule has 0 aliphatic heterocycles. The van der Waals surface area contributed by atoms with E-state index in [0.29, 0.717) is 20.7 Å². The Kier molecular flexibility index (Phi) is 12.7. The second kappa shape index (κ2) is 16.1. The average molecular weight is 661 g/mol. The molecule has 0 aliphatic carbocycles. The van der Waals surface area contributed by atoms with E-state index in [2.05, 4.69) is 0 Å².